The van der Waals surface area contributed by atoms with Crippen LogP contribution in [0.25, 0.3) is 0 Å². The number of benzene rings is 1. The molecule has 0 unspecified atom stereocenters. The van der Waals surface area contributed by atoms with E-state index in [1.807, 2.05) is 20.8 Å². The first-order valence-corrected chi connectivity index (χ1v) is 8.61. The van der Waals surface area contributed by atoms with Crippen LogP contribution in [0.15, 0.2) is 18.2 Å². The number of aliphatic hydroxyl groups excluding tert-OH is 1. The van der Waals surface area contributed by atoms with E-state index < -0.39 is 11.7 Å². The summed E-state index contributed by atoms with van der Waals surface area (Å²) in [5, 5.41) is 21.3. The van der Waals surface area contributed by atoms with Gasteiger partial charge in [-0.25, -0.2) is 0 Å². The van der Waals surface area contributed by atoms with Crippen molar-refractivity contribution in [2.75, 3.05) is 0 Å². The van der Waals surface area contributed by atoms with Crippen LogP contribution >= 0.6 is 0 Å². The van der Waals surface area contributed by atoms with Crippen LogP contribution in [-0.4, -0.2) is 22.8 Å². The largest absolute Gasteiger partial charge is 0.504 e. The Morgan fingerprint density at radius 3 is 2.71 bits per heavy atom. The highest BCUT2D eigenvalue weighted by atomic mass is 16.6. The molecule has 4 atom stereocenters. The Bertz CT molecular complexity index is 706. The molecule has 0 bridgehead atoms. The minimum absolute atomic E-state index is 0.0357. The van der Waals surface area contributed by atoms with E-state index in [0.717, 1.165) is 24.7 Å². The predicted molar refractivity (Wildman–Crippen MR) is 92.6 cm³/mol. The molecule has 1 aliphatic carbocycles. The van der Waals surface area contributed by atoms with Crippen molar-refractivity contribution in [1.82, 2.24) is 0 Å². The lowest BCUT2D eigenvalue weighted by molar-refractivity contribution is -0.0993. The van der Waals surface area contributed by atoms with Crippen molar-refractivity contribution >= 4 is 6.29 Å². The maximum atomic E-state index is 11.8. The van der Waals surface area contributed by atoms with Crippen LogP contribution in [-0.2, 0) is 5.41 Å². The Hall–Kier alpha value is -1.81. The molecule has 130 valence electrons. The maximum absolute atomic E-state index is 11.8. The molecule has 0 aromatic heterocycles. The van der Waals surface area contributed by atoms with Crippen LogP contribution < -0.4 is 4.74 Å². The number of fused-ring (bicyclic) bond motifs is 3. The first-order valence-electron chi connectivity index (χ1n) is 8.61. The third kappa shape index (κ3) is 2.20. The smallest absolute Gasteiger partial charge is 0.205 e. The molecule has 0 saturated heterocycles. The normalized spacial score (nSPS) is 32.1. The van der Waals surface area contributed by atoms with Gasteiger partial charge in [0.15, 0.2) is 17.8 Å². The van der Waals surface area contributed by atoms with Crippen LogP contribution in [0.5, 0.6) is 11.5 Å². The number of rotatable bonds is 2. The number of phenolic OH excluding ortho intramolecular Hbond substituents is 1. The summed E-state index contributed by atoms with van der Waals surface area (Å²) >= 11 is 0. The van der Waals surface area contributed by atoms with Crippen molar-refractivity contribution in [2.24, 2.45) is 11.8 Å². The van der Waals surface area contributed by atoms with Crippen molar-refractivity contribution < 1.29 is 19.7 Å². The van der Waals surface area contributed by atoms with E-state index in [-0.39, 0.29) is 23.3 Å². The summed E-state index contributed by atoms with van der Waals surface area (Å²) in [7, 11) is 0. The minimum Gasteiger partial charge on any atom is -0.504 e. The highest BCUT2D eigenvalue weighted by Crippen LogP contribution is 2.58. The van der Waals surface area contributed by atoms with Gasteiger partial charge in [-0.05, 0) is 30.7 Å². The molecular formula is C20H26O4. The topological polar surface area (TPSA) is 66.8 Å². The molecule has 1 aliphatic heterocycles. The second-order valence-electron chi connectivity index (χ2n) is 7.80. The molecule has 1 aromatic carbocycles. The fourth-order valence-corrected chi connectivity index (χ4v) is 4.47. The molecular weight excluding hydrogens is 304 g/mol. The van der Waals surface area contributed by atoms with E-state index in [4.69, 9.17) is 4.74 Å². The number of carbonyl (C=O) groups excluding carboxylic acids is 1. The number of phenols is 1. The van der Waals surface area contributed by atoms with Gasteiger partial charge in [0.1, 0.15) is 0 Å². The molecule has 1 aromatic rings. The van der Waals surface area contributed by atoms with E-state index in [1.54, 1.807) is 6.07 Å². The Balaban J connectivity index is 2.29. The van der Waals surface area contributed by atoms with Crippen molar-refractivity contribution in [3.8, 4) is 11.5 Å². The van der Waals surface area contributed by atoms with Crippen LogP contribution in [0.4, 0.5) is 0 Å². The van der Waals surface area contributed by atoms with Gasteiger partial charge in [0.2, 0.25) is 6.29 Å². The summed E-state index contributed by atoms with van der Waals surface area (Å²) in [6, 6.07) is 1.76. The standard InChI is InChI=1S/C20H26O4/c1-10(2)14-8-13(9-21)16-18(17(14)22)24-19(23)15-12(4)11(3)6-7-20(15,16)5/h8-11,15,19,22-23H,4,6-7H2,1-3,5H3/t11-,15-,19-,20-/m0/s1. The lowest BCUT2D eigenvalue weighted by Gasteiger charge is -2.51. The van der Waals surface area contributed by atoms with Crippen LogP contribution in [0.2, 0.25) is 0 Å². The number of ether oxygens (including phenoxy) is 1. The Morgan fingerprint density at radius 2 is 2.12 bits per heavy atom. The average molecular weight is 330 g/mol. The molecule has 1 fully saturated rings. The van der Waals surface area contributed by atoms with Gasteiger partial charge >= 0.3 is 0 Å². The predicted octanol–water partition coefficient (Wildman–Crippen LogP) is 3.90. The van der Waals surface area contributed by atoms with E-state index >= 15 is 0 Å². The molecule has 1 heterocycles. The lowest BCUT2D eigenvalue weighted by atomic mass is 9.57. The third-order valence-electron chi connectivity index (χ3n) is 5.97. The Labute approximate surface area is 143 Å². The van der Waals surface area contributed by atoms with Gasteiger partial charge in [0, 0.05) is 22.1 Å². The number of hydrogen-bond donors (Lipinski definition) is 2. The van der Waals surface area contributed by atoms with E-state index in [0.29, 0.717) is 22.6 Å². The lowest BCUT2D eigenvalue weighted by Crippen LogP contribution is -2.51. The highest BCUT2D eigenvalue weighted by molar-refractivity contribution is 5.82. The Kier molecular flexibility index (Phi) is 3.99. The quantitative estimate of drug-likeness (QED) is 0.637. The molecule has 0 spiro atoms. The second kappa shape index (κ2) is 5.62. The zero-order chi connectivity index (χ0) is 17.8. The molecule has 0 amide bonds. The molecule has 3 rings (SSSR count). The summed E-state index contributed by atoms with van der Waals surface area (Å²) in [5.74, 6) is 0.356. The summed E-state index contributed by atoms with van der Waals surface area (Å²) in [6.07, 6.45) is 1.51. The molecule has 24 heavy (non-hydrogen) atoms. The minimum atomic E-state index is -1.06. The van der Waals surface area contributed by atoms with Crippen LogP contribution in [0.3, 0.4) is 0 Å². The number of aromatic hydroxyl groups is 1. The van der Waals surface area contributed by atoms with E-state index in [1.165, 1.54) is 0 Å². The van der Waals surface area contributed by atoms with E-state index in [9.17, 15) is 15.0 Å². The van der Waals surface area contributed by atoms with Crippen molar-refractivity contribution in [1.29, 1.82) is 0 Å². The SMILES string of the molecule is C=C1[C@@H](C)CC[C@]2(C)c3c(C=O)cc(C(C)C)c(O)c3O[C@H](O)[C@H]12. The van der Waals surface area contributed by atoms with Gasteiger partial charge in [-0.2, -0.15) is 0 Å². The zero-order valence-electron chi connectivity index (χ0n) is 14.8. The fourth-order valence-electron chi connectivity index (χ4n) is 4.47. The molecule has 2 aliphatic rings. The van der Waals surface area contributed by atoms with Crippen molar-refractivity contribution in [3.63, 3.8) is 0 Å². The van der Waals surface area contributed by atoms with Crippen LogP contribution in [0.1, 0.15) is 67.9 Å². The Morgan fingerprint density at radius 1 is 1.46 bits per heavy atom. The maximum Gasteiger partial charge on any atom is 0.205 e. The number of hydrogen-bond acceptors (Lipinski definition) is 4. The van der Waals surface area contributed by atoms with Gasteiger partial charge in [0.25, 0.3) is 0 Å². The monoisotopic (exact) mass is 330 g/mol. The third-order valence-corrected chi connectivity index (χ3v) is 5.97. The molecule has 1 saturated carbocycles. The van der Waals surface area contributed by atoms with Crippen LogP contribution in [0, 0.1) is 11.8 Å². The first-order chi connectivity index (χ1) is 11.2. The van der Waals surface area contributed by atoms with Gasteiger partial charge in [0.05, 0.1) is 5.92 Å². The first kappa shape index (κ1) is 17.0. The molecule has 0 radical (unpaired) electrons. The average Bonchev–Trinajstić information content (AvgIpc) is 2.52. The number of carbonyl (C=O) groups is 1. The van der Waals surface area contributed by atoms with Gasteiger partial charge in [-0.15, -0.1) is 0 Å². The van der Waals surface area contributed by atoms with Crippen molar-refractivity contribution in [3.05, 3.63) is 34.9 Å². The van der Waals surface area contributed by atoms with Gasteiger partial charge in [-0.3, -0.25) is 4.79 Å². The number of aliphatic hydroxyl groups is 1. The second-order valence-corrected chi connectivity index (χ2v) is 7.80. The number of aldehydes is 1. The van der Waals surface area contributed by atoms with Crippen molar-refractivity contribution in [2.45, 2.75) is 58.2 Å². The summed E-state index contributed by atoms with van der Waals surface area (Å²) in [4.78, 5) is 11.8. The summed E-state index contributed by atoms with van der Waals surface area (Å²) in [6.45, 7) is 12.2. The summed E-state index contributed by atoms with van der Waals surface area (Å²) in [5.41, 5.74) is 2.38. The molecule has 4 nitrogen and oxygen atoms in total. The highest BCUT2D eigenvalue weighted by Gasteiger charge is 2.53. The zero-order valence-corrected chi connectivity index (χ0v) is 14.8. The van der Waals surface area contributed by atoms with Gasteiger partial charge < -0.3 is 14.9 Å². The molecule has 2 N–H and O–H groups in total. The van der Waals surface area contributed by atoms with E-state index in [2.05, 4.69) is 13.5 Å². The summed E-state index contributed by atoms with van der Waals surface area (Å²) < 4.78 is 5.74. The fraction of sp³-hybridized carbons (Fsp3) is 0.550. The van der Waals surface area contributed by atoms with Gasteiger partial charge in [-0.1, -0.05) is 39.8 Å². The molecule has 4 heteroatoms.